The highest BCUT2D eigenvalue weighted by molar-refractivity contribution is 7.91. The molecule has 25 heavy (non-hydrogen) atoms. The summed E-state index contributed by atoms with van der Waals surface area (Å²) in [6.07, 6.45) is 2.59. The zero-order chi connectivity index (χ0) is 17.7. The molecule has 0 aliphatic heterocycles. The average Bonchev–Trinajstić information content (AvgIpc) is 2.63. The maximum Gasteiger partial charge on any atom is 0.161 e. The summed E-state index contributed by atoms with van der Waals surface area (Å²) in [5, 5.41) is 2.35. The lowest BCUT2D eigenvalue weighted by molar-refractivity contribution is 0.600. The Labute approximate surface area is 148 Å². The highest BCUT2D eigenvalue weighted by Crippen LogP contribution is 2.19. The SMILES string of the molecule is CCS(=O)(=O)CC#Cc1ccc(Cc2nccc3ccccc23)cc1. The molecule has 0 aliphatic rings. The van der Waals surface area contributed by atoms with E-state index in [0.29, 0.717) is 0 Å². The van der Waals surface area contributed by atoms with Crippen molar-refractivity contribution in [1.29, 1.82) is 0 Å². The minimum absolute atomic E-state index is 0.0921. The van der Waals surface area contributed by atoms with Gasteiger partial charge in [-0.15, -0.1) is 0 Å². The lowest BCUT2D eigenvalue weighted by Gasteiger charge is -2.06. The summed E-state index contributed by atoms with van der Waals surface area (Å²) < 4.78 is 22.9. The number of pyridine rings is 1. The van der Waals surface area contributed by atoms with Gasteiger partial charge >= 0.3 is 0 Å². The van der Waals surface area contributed by atoms with Crippen LogP contribution >= 0.6 is 0 Å². The number of benzene rings is 2. The van der Waals surface area contributed by atoms with Crippen molar-refractivity contribution in [2.45, 2.75) is 13.3 Å². The van der Waals surface area contributed by atoms with E-state index in [9.17, 15) is 8.42 Å². The number of sulfone groups is 1. The van der Waals surface area contributed by atoms with Crippen molar-refractivity contribution in [3.63, 3.8) is 0 Å². The fraction of sp³-hybridized carbons (Fsp3) is 0.190. The molecule has 2 aromatic carbocycles. The quantitative estimate of drug-likeness (QED) is 0.676. The van der Waals surface area contributed by atoms with Crippen LogP contribution in [0.3, 0.4) is 0 Å². The van der Waals surface area contributed by atoms with Crippen molar-refractivity contribution in [1.82, 2.24) is 4.98 Å². The first-order valence-corrected chi connectivity index (χ1v) is 10.0. The Morgan fingerprint density at radius 2 is 1.76 bits per heavy atom. The van der Waals surface area contributed by atoms with Crippen LogP contribution in [-0.2, 0) is 16.3 Å². The van der Waals surface area contributed by atoms with Gasteiger partial charge in [0.05, 0.1) is 5.69 Å². The molecule has 1 aromatic heterocycles. The van der Waals surface area contributed by atoms with E-state index in [4.69, 9.17) is 0 Å². The normalized spacial score (nSPS) is 11.1. The number of hydrogen-bond donors (Lipinski definition) is 0. The van der Waals surface area contributed by atoms with Crippen LogP contribution in [0.15, 0.2) is 60.8 Å². The third kappa shape index (κ3) is 4.46. The summed E-state index contributed by atoms with van der Waals surface area (Å²) in [6, 6.07) is 18.1. The summed E-state index contributed by atoms with van der Waals surface area (Å²) in [7, 11) is -3.04. The zero-order valence-corrected chi connectivity index (χ0v) is 14.9. The van der Waals surface area contributed by atoms with Gasteiger partial charge in [-0.3, -0.25) is 4.98 Å². The van der Waals surface area contributed by atoms with Crippen LogP contribution < -0.4 is 0 Å². The smallest absolute Gasteiger partial charge is 0.161 e. The van der Waals surface area contributed by atoms with Crippen LogP contribution in [0.25, 0.3) is 10.8 Å². The summed E-state index contributed by atoms with van der Waals surface area (Å²) in [6.45, 7) is 1.63. The first kappa shape index (κ1) is 17.2. The topological polar surface area (TPSA) is 47.0 Å². The number of nitrogens with zero attached hydrogens (tertiary/aromatic N) is 1. The van der Waals surface area contributed by atoms with Crippen LogP contribution in [0.1, 0.15) is 23.7 Å². The van der Waals surface area contributed by atoms with Crippen LogP contribution in [-0.4, -0.2) is 24.9 Å². The molecule has 0 unspecified atom stereocenters. The Hall–Kier alpha value is -2.64. The van der Waals surface area contributed by atoms with Crippen molar-refractivity contribution in [2.75, 3.05) is 11.5 Å². The zero-order valence-electron chi connectivity index (χ0n) is 14.1. The number of hydrogen-bond acceptors (Lipinski definition) is 3. The monoisotopic (exact) mass is 349 g/mol. The first-order valence-electron chi connectivity index (χ1n) is 8.18. The van der Waals surface area contributed by atoms with Crippen molar-refractivity contribution in [3.05, 3.63) is 77.6 Å². The molecular weight excluding hydrogens is 330 g/mol. The molecule has 3 nitrogen and oxygen atoms in total. The molecule has 0 aliphatic carbocycles. The summed E-state index contributed by atoms with van der Waals surface area (Å²) in [4.78, 5) is 4.52. The molecule has 4 heteroatoms. The van der Waals surface area contributed by atoms with E-state index in [1.807, 2.05) is 48.7 Å². The minimum atomic E-state index is -3.04. The Morgan fingerprint density at radius 1 is 1.00 bits per heavy atom. The van der Waals surface area contributed by atoms with Gasteiger partial charge in [0, 0.05) is 29.3 Å². The molecule has 0 fully saturated rings. The fourth-order valence-electron chi connectivity index (χ4n) is 2.57. The Morgan fingerprint density at radius 3 is 2.52 bits per heavy atom. The van der Waals surface area contributed by atoms with Gasteiger partial charge in [-0.05, 0) is 29.1 Å². The third-order valence-electron chi connectivity index (χ3n) is 4.05. The molecule has 0 N–H and O–H groups in total. The standard InChI is InChI=1S/C21H19NO2S/c1-2-25(23,24)15-5-6-17-9-11-18(12-10-17)16-21-20-8-4-3-7-19(20)13-14-22-21/h3-4,7-14H,2,15-16H2,1H3. The molecule has 126 valence electrons. The maximum absolute atomic E-state index is 11.4. The fourth-order valence-corrected chi connectivity index (χ4v) is 3.07. The highest BCUT2D eigenvalue weighted by atomic mass is 32.2. The largest absolute Gasteiger partial charge is 0.260 e. The summed E-state index contributed by atoms with van der Waals surface area (Å²) >= 11 is 0. The van der Waals surface area contributed by atoms with Gasteiger partial charge in [-0.2, -0.15) is 0 Å². The second-order valence-electron chi connectivity index (χ2n) is 5.83. The number of fused-ring (bicyclic) bond motifs is 1. The van der Waals surface area contributed by atoms with Crippen molar-refractivity contribution >= 4 is 20.6 Å². The first-order chi connectivity index (χ1) is 12.1. The third-order valence-corrected chi connectivity index (χ3v) is 5.51. The molecule has 0 saturated carbocycles. The van der Waals surface area contributed by atoms with Gasteiger partial charge in [0.2, 0.25) is 0 Å². The Balaban J connectivity index is 1.76. The second kappa shape index (κ2) is 7.50. The lowest BCUT2D eigenvalue weighted by atomic mass is 10.0. The van der Waals surface area contributed by atoms with Crippen LogP contribution in [0.5, 0.6) is 0 Å². The van der Waals surface area contributed by atoms with Gasteiger partial charge in [0.15, 0.2) is 9.84 Å². The molecule has 0 bridgehead atoms. The van der Waals surface area contributed by atoms with Gasteiger partial charge in [0.1, 0.15) is 5.75 Å². The molecule has 1 heterocycles. The van der Waals surface area contributed by atoms with Crippen LogP contribution in [0, 0.1) is 11.8 Å². The Kier molecular flexibility index (Phi) is 5.16. The Bertz CT molecular complexity index is 1040. The minimum Gasteiger partial charge on any atom is -0.260 e. The predicted molar refractivity (Wildman–Crippen MR) is 102 cm³/mol. The number of aromatic nitrogens is 1. The molecule has 0 atom stereocenters. The summed E-state index contributed by atoms with van der Waals surface area (Å²) in [5.74, 6) is 5.68. The molecule has 3 aromatic rings. The van der Waals surface area contributed by atoms with E-state index in [1.54, 1.807) is 6.92 Å². The predicted octanol–water partition coefficient (Wildman–Crippen LogP) is 3.61. The molecular formula is C21H19NO2S. The molecule has 0 radical (unpaired) electrons. The van der Waals surface area contributed by atoms with E-state index >= 15 is 0 Å². The second-order valence-corrected chi connectivity index (χ2v) is 8.18. The maximum atomic E-state index is 11.4. The molecule has 3 rings (SSSR count). The van der Waals surface area contributed by atoms with Gasteiger partial charge in [0.25, 0.3) is 0 Å². The van der Waals surface area contributed by atoms with Gasteiger partial charge < -0.3 is 0 Å². The number of rotatable bonds is 4. The van der Waals surface area contributed by atoms with E-state index in [1.165, 1.54) is 10.8 Å². The molecule has 0 amide bonds. The van der Waals surface area contributed by atoms with Gasteiger partial charge in [-0.25, -0.2) is 8.42 Å². The van der Waals surface area contributed by atoms with E-state index in [-0.39, 0.29) is 11.5 Å². The average molecular weight is 349 g/mol. The van der Waals surface area contributed by atoms with Crippen molar-refractivity contribution in [2.24, 2.45) is 0 Å². The van der Waals surface area contributed by atoms with Crippen molar-refractivity contribution < 1.29 is 8.42 Å². The van der Waals surface area contributed by atoms with Gasteiger partial charge in [-0.1, -0.05) is 55.2 Å². The summed E-state index contributed by atoms with van der Waals surface area (Å²) in [5.41, 5.74) is 3.02. The van der Waals surface area contributed by atoms with Crippen LogP contribution in [0.4, 0.5) is 0 Å². The molecule has 0 saturated heterocycles. The van der Waals surface area contributed by atoms with Crippen molar-refractivity contribution in [3.8, 4) is 11.8 Å². The lowest BCUT2D eigenvalue weighted by Crippen LogP contribution is -2.06. The highest BCUT2D eigenvalue weighted by Gasteiger charge is 2.04. The van der Waals surface area contributed by atoms with Crippen LogP contribution in [0.2, 0.25) is 0 Å². The molecule has 0 spiro atoms. The van der Waals surface area contributed by atoms with E-state index in [0.717, 1.165) is 23.2 Å². The van der Waals surface area contributed by atoms with E-state index < -0.39 is 9.84 Å². The van der Waals surface area contributed by atoms with E-state index in [2.05, 4.69) is 29.0 Å².